The summed E-state index contributed by atoms with van der Waals surface area (Å²) in [5.74, 6) is 0.896. The number of urea groups is 1. The molecular formula is C36H47N9O5. The first-order chi connectivity index (χ1) is 23.9. The summed E-state index contributed by atoms with van der Waals surface area (Å²) in [7, 11) is 3.82. The van der Waals surface area contributed by atoms with Gasteiger partial charge in [0, 0.05) is 69.5 Å². The van der Waals surface area contributed by atoms with Crippen LogP contribution >= 0.6 is 0 Å². The van der Waals surface area contributed by atoms with E-state index in [2.05, 4.69) is 44.6 Å². The minimum Gasteiger partial charge on any atom is -0.445 e. The van der Waals surface area contributed by atoms with Gasteiger partial charge in [0.05, 0.1) is 18.6 Å². The Kier molecular flexibility index (Phi) is 10.3. The highest BCUT2D eigenvalue weighted by atomic mass is 16.6. The van der Waals surface area contributed by atoms with Crippen molar-refractivity contribution in [3.05, 3.63) is 71.9 Å². The highest BCUT2D eigenvalue weighted by Crippen LogP contribution is 2.31. The van der Waals surface area contributed by atoms with Gasteiger partial charge in [-0.3, -0.25) is 4.90 Å². The van der Waals surface area contributed by atoms with Crippen molar-refractivity contribution in [3.63, 3.8) is 0 Å². The molecule has 6 rings (SSSR count). The van der Waals surface area contributed by atoms with Gasteiger partial charge in [0.1, 0.15) is 18.0 Å². The van der Waals surface area contributed by atoms with Crippen LogP contribution in [0.15, 0.2) is 60.8 Å². The molecule has 266 valence electrons. The number of amides is 4. The Labute approximate surface area is 293 Å². The maximum atomic E-state index is 13.9. The Morgan fingerprint density at radius 2 is 1.68 bits per heavy atom. The predicted molar refractivity (Wildman–Crippen MR) is 191 cm³/mol. The zero-order valence-corrected chi connectivity index (χ0v) is 29.5. The van der Waals surface area contributed by atoms with Gasteiger partial charge in [0.2, 0.25) is 5.95 Å². The zero-order chi connectivity index (χ0) is 35.4. The van der Waals surface area contributed by atoms with E-state index in [1.54, 1.807) is 43.8 Å². The van der Waals surface area contributed by atoms with Crippen molar-refractivity contribution in [2.45, 2.75) is 58.0 Å². The number of likely N-dealkylation sites (N-methyl/N-ethyl adjacent to an activating group) is 1. The average Bonchev–Trinajstić information content (AvgIpc) is 3.09. The van der Waals surface area contributed by atoms with Crippen LogP contribution in [0.3, 0.4) is 0 Å². The first kappa shape index (κ1) is 34.7. The molecule has 1 aromatic heterocycles. The molecule has 0 unspecified atom stereocenters. The molecule has 2 aromatic carbocycles. The van der Waals surface area contributed by atoms with Crippen molar-refractivity contribution in [2.24, 2.45) is 0 Å². The molecule has 4 amide bonds. The van der Waals surface area contributed by atoms with E-state index in [9.17, 15) is 14.4 Å². The molecular weight excluding hydrogens is 638 g/mol. The van der Waals surface area contributed by atoms with Gasteiger partial charge < -0.3 is 39.7 Å². The molecule has 2 fully saturated rings. The number of carbonyl (C=O) groups is 3. The second-order valence-electron chi connectivity index (χ2n) is 14.1. The summed E-state index contributed by atoms with van der Waals surface area (Å²) >= 11 is 0. The van der Waals surface area contributed by atoms with Crippen molar-refractivity contribution in [1.82, 2.24) is 30.0 Å². The van der Waals surface area contributed by atoms with Crippen LogP contribution in [0.2, 0.25) is 0 Å². The van der Waals surface area contributed by atoms with Crippen LogP contribution in [0.1, 0.15) is 38.3 Å². The van der Waals surface area contributed by atoms with E-state index < -0.39 is 29.9 Å². The van der Waals surface area contributed by atoms with E-state index in [1.165, 1.54) is 10.6 Å². The molecule has 2 N–H and O–H groups in total. The highest BCUT2D eigenvalue weighted by Gasteiger charge is 2.42. The Hall–Kier alpha value is -5.11. The van der Waals surface area contributed by atoms with E-state index in [4.69, 9.17) is 14.5 Å². The van der Waals surface area contributed by atoms with E-state index in [-0.39, 0.29) is 25.7 Å². The summed E-state index contributed by atoms with van der Waals surface area (Å²) in [5, 5.41) is 6.21. The van der Waals surface area contributed by atoms with E-state index >= 15 is 0 Å². The molecule has 4 heterocycles. The summed E-state index contributed by atoms with van der Waals surface area (Å²) in [4.78, 5) is 58.8. The first-order valence-corrected chi connectivity index (χ1v) is 17.1. The number of hydrogen-bond acceptors (Lipinski definition) is 10. The predicted octanol–water partition coefficient (Wildman–Crippen LogP) is 4.65. The maximum Gasteiger partial charge on any atom is 0.410 e. The van der Waals surface area contributed by atoms with Crippen LogP contribution in [-0.2, 0) is 22.6 Å². The summed E-state index contributed by atoms with van der Waals surface area (Å²) in [6.45, 7) is 10.3. The highest BCUT2D eigenvalue weighted by molar-refractivity contribution is 5.93. The fourth-order valence-electron chi connectivity index (χ4n) is 6.49. The van der Waals surface area contributed by atoms with Crippen molar-refractivity contribution < 1.29 is 23.9 Å². The second-order valence-corrected chi connectivity index (χ2v) is 14.1. The summed E-state index contributed by atoms with van der Waals surface area (Å²) in [6, 6.07) is 16.3. The molecule has 14 heteroatoms. The number of piperazine rings is 1. The number of hydrogen-bond donors (Lipinski definition) is 2. The lowest BCUT2D eigenvalue weighted by Crippen LogP contribution is -2.64. The van der Waals surface area contributed by atoms with Crippen molar-refractivity contribution in [3.8, 4) is 0 Å². The zero-order valence-electron chi connectivity index (χ0n) is 29.5. The monoisotopic (exact) mass is 685 g/mol. The van der Waals surface area contributed by atoms with Crippen LogP contribution < -0.4 is 20.4 Å². The van der Waals surface area contributed by atoms with E-state index in [0.29, 0.717) is 24.7 Å². The first-order valence-electron chi connectivity index (χ1n) is 17.1. The number of likely N-dealkylation sites (tertiary alicyclic amines) is 1. The Balaban J connectivity index is 1.14. The smallest absolute Gasteiger partial charge is 0.410 e. The Morgan fingerprint density at radius 3 is 2.38 bits per heavy atom. The number of nitrogens with one attached hydrogen (secondary N) is 2. The lowest BCUT2D eigenvalue weighted by atomic mass is 9.96. The third kappa shape index (κ3) is 8.36. The van der Waals surface area contributed by atoms with Gasteiger partial charge in [-0.15, -0.1) is 0 Å². The summed E-state index contributed by atoms with van der Waals surface area (Å²) in [6.07, 6.45) is 1.03. The molecule has 3 aliphatic rings. The number of fused-ring (bicyclic) bond motifs is 1. The standard InChI is InChI=1S/C36H47N9O5/c1-36(2,3)50-33(46)39-29-23-44(35(48)49-24-25-9-7-6-8-10-25)16-15-30(29)45-22-26-21-37-32(40-31(26)42(5)34(45)47)38-27-11-13-28(14-12-27)43-19-17-41(4)18-20-43/h6-14,21,29-30H,15-20,22-24H2,1-5H3,(H,39,46)(H,37,38,40)/t29-,30+/m1/s1. The molecule has 2 atom stereocenters. The fraction of sp³-hybridized carbons (Fsp3) is 0.472. The Morgan fingerprint density at radius 1 is 0.960 bits per heavy atom. The van der Waals surface area contributed by atoms with Gasteiger partial charge in [-0.2, -0.15) is 4.98 Å². The molecule has 3 aromatic rings. The van der Waals surface area contributed by atoms with Crippen molar-refractivity contribution in [2.75, 3.05) is 68.5 Å². The SMILES string of the molecule is CN1CCN(c2ccc(Nc3ncc4c(n3)N(C)C(=O)N([C@H]3CCN(C(=O)OCc5ccccc5)C[C@H]3NC(=O)OC(C)(C)C)C4)cc2)CC1. The molecule has 50 heavy (non-hydrogen) atoms. The van der Waals surface area contributed by atoms with Crippen LogP contribution in [0.4, 0.5) is 37.5 Å². The third-order valence-electron chi connectivity index (χ3n) is 9.17. The fourth-order valence-corrected chi connectivity index (χ4v) is 6.49. The van der Waals surface area contributed by atoms with Gasteiger partial charge in [0.25, 0.3) is 0 Å². The molecule has 0 saturated carbocycles. The average molecular weight is 686 g/mol. The van der Waals surface area contributed by atoms with E-state index in [0.717, 1.165) is 43.0 Å². The number of benzene rings is 2. The van der Waals surface area contributed by atoms with Crippen LogP contribution in [0.25, 0.3) is 0 Å². The quantitative estimate of drug-likeness (QED) is 0.362. The van der Waals surface area contributed by atoms with Gasteiger partial charge in [0.15, 0.2) is 0 Å². The lowest BCUT2D eigenvalue weighted by molar-refractivity contribution is 0.0331. The minimum atomic E-state index is -0.724. The van der Waals surface area contributed by atoms with Crippen molar-refractivity contribution >= 4 is 41.4 Å². The summed E-state index contributed by atoms with van der Waals surface area (Å²) < 4.78 is 11.1. The molecule has 2 saturated heterocycles. The van der Waals surface area contributed by atoms with Gasteiger partial charge >= 0.3 is 18.2 Å². The minimum absolute atomic E-state index is 0.134. The molecule has 3 aliphatic heterocycles. The number of carbonyl (C=O) groups excluding carboxylic acids is 3. The third-order valence-corrected chi connectivity index (χ3v) is 9.17. The number of alkyl carbamates (subject to hydrolysis) is 1. The van der Waals surface area contributed by atoms with Crippen molar-refractivity contribution in [1.29, 1.82) is 0 Å². The molecule has 0 aliphatic carbocycles. The van der Waals surface area contributed by atoms with Gasteiger partial charge in [-0.25, -0.2) is 19.4 Å². The second kappa shape index (κ2) is 14.8. The normalized spacial score (nSPS) is 19.9. The number of rotatable bonds is 7. The molecule has 0 spiro atoms. The molecule has 14 nitrogen and oxygen atoms in total. The molecule has 0 radical (unpaired) electrons. The van der Waals surface area contributed by atoms with E-state index in [1.807, 2.05) is 42.5 Å². The maximum absolute atomic E-state index is 13.9. The number of nitrogens with zero attached hydrogens (tertiary/aromatic N) is 7. The van der Waals surface area contributed by atoms with Crippen LogP contribution in [-0.4, -0.2) is 114 Å². The number of aromatic nitrogens is 2. The lowest BCUT2D eigenvalue weighted by Gasteiger charge is -2.46. The van der Waals surface area contributed by atoms with Crippen LogP contribution in [0.5, 0.6) is 0 Å². The number of ether oxygens (including phenoxy) is 2. The van der Waals surface area contributed by atoms with Gasteiger partial charge in [-0.1, -0.05) is 30.3 Å². The summed E-state index contributed by atoms with van der Waals surface area (Å²) in [5.41, 5.74) is 2.94. The van der Waals surface area contributed by atoms with Gasteiger partial charge in [-0.05, 0) is 64.1 Å². The Bertz CT molecular complexity index is 1660. The number of piperidine rings is 1. The number of anilines is 4. The van der Waals surface area contributed by atoms with Crippen LogP contribution in [0, 0.1) is 0 Å². The largest absolute Gasteiger partial charge is 0.445 e. The molecule has 0 bridgehead atoms. The topological polar surface area (TPSA) is 136 Å².